The molecule has 2 atom stereocenters. The predicted octanol–water partition coefficient (Wildman–Crippen LogP) is 0.678. The molecule has 110 valence electrons. The highest BCUT2D eigenvalue weighted by molar-refractivity contribution is 5.31. The third kappa shape index (κ3) is 2.74. The van der Waals surface area contributed by atoms with Crippen LogP contribution in [0.3, 0.4) is 0 Å². The number of nitrogens with zero attached hydrogens (tertiary/aromatic N) is 2. The summed E-state index contributed by atoms with van der Waals surface area (Å²) < 4.78 is 0. The van der Waals surface area contributed by atoms with E-state index < -0.39 is 0 Å². The summed E-state index contributed by atoms with van der Waals surface area (Å²) in [5.41, 5.74) is 7.20. The Morgan fingerprint density at radius 3 is 2.60 bits per heavy atom. The molecule has 0 spiro atoms. The molecule has 4 nitrogen and oxygen atoms in total. The number of hydrogen-bond acceptors (Lipinski definition) is 4. The van der Waals surface area contributed by atoms with Gasteiger partial charge in [0.2, 0.25) is 0 Å². The molecule has 20 heavy (non-hydrogen) atoms. The van der Waals surface area contributed by atoms with Crippen LogP contribution in [0.5, 0.6) is 0 Å². The van der Waals surface area contributed by atoms with E-state index in [1.54, 1.807) is 0 Å². The number of aryl methyl sites for hydroxylation is 2. The third-order valence-corrected chi connectivity index (χ3v) is 4.94. The smallest absolute Gasteiger partial charge is 0.0419 e. The first-order valence-corrected chi connectivity index (χ1v) is 7.66. The van der Waals surface area contributed by atoms with E-state index in [2.05, 4.69) is 47.3 Å². The zero-order chi connectivity index (χ0) is 14.1. The minimum Gasteiger partial charge on any atom is -0.299 e. The fourth-order valence-corrected chi connectivity index (χ4v) is 3.60. The lowest BCUT2D eigenvalue weighted by atomic mass is 9.92. The molecule has 3 heterocycles. The topological polar surface area (TPSA) is 44.5 Å². The Hall–Kier alpha value is -0.940. The Bertz CT molecular complexity index is 466. The molecule has 2 bridgehead atoms. The van der Waals surface area contributed by atoms with Gasteiger partial charge in [-0.3, -0.25) is 21.1 Å². The second-order valence-corrected chi connectivity index (χ2v) is 6.31. The van der Waals surface area contributed by atoms with Gasteiger partial charge in [0.15, 0.2) is 0 Å². The first-order chi connectivity index (χ1) is 9.67. The van der Waals surface area contributed by atoms with Crippen LogP contribution in [-0.4, -0.2) is 54.6 Å². The minimum absolute atomic E-state index is 0.332. The van der Waals surface area contributed by atoms with Crippen LogP contribution in [0.15, 0.2) is 18.2 Å². The molecule has 0 saturated carbocycles. The number of nitrogens with two attached hydrogens (primary N) is 1. The molecule has 0 aliphatic carbocycles. The molecule has 3 aliphatic rings. The fourth-order valence-electron chi connectivity index (χ4n) is 3.60. The highest BCUT2D eigenvalue weighted by atomic mass is 15.4. The highest BCUT2D eigenvalue weighted by Crippen LogP contribution is 2.21. The van der Waals surface area contributed by atoms with Crippen LogP contribution >= 0.6 is 0 Å². The van der Waals surface area contributed by atoms with Crippen LogP contribution < -0.4 is 11.3 Å². The molecule has 3 N–H and O–H groups in total. The number of piperazine rings is 3. The predicted molar refractivity (Wildman–Crippen MR) is 82.5 cm³/mol. The Morgan fingerprint density at radius 1 is 1.25 bits per heavy atom. The van der Waals surface area contributed by atoms with Crippen molar-refractivity contribution in [1.82, 2.24) is 15.2 Å². The van der Waals surface area contributed by atoms with E-state index in [0.717, 1.165) is 13.0 Å². The van der Waals surface area contributed by atoms with Crippen LogP contribution in [-0.2, 0) is 6.42 Å². The van der Waals surface area contributed by atoms with Gasteiger partial charge in [-0.25, -0.2) is 0 Å². The van der Waals surface area contributed by atoms with Crippen molar-refractivity contribution >= 4 is 0 Å². The highest BCUT2D eigenvalue weighted by Gasteiger charge is 2.36. The molecule has 0 amide bonds. The lowest BCUT2D eigenvalue weighted by Gasteiger charge is -2.50. The SMILES string of the molecule is Cc1ccc(C)c(CC(NN)C2CN3CCN2CC3)c1. The maximum absolute atomic E-state index is 5.88. The molecule has 1 aromatic rings. The molecule has 4 heteroatoms. The third-order valence-electron chi connectivity index (χ3n) is 4.94. The van der Waals surface area contributed by atoms with Crippen LogP contribution in [0.4, 0.5) is 0 Å². The van der Waals surface area contributed by atoms with Crippen molar-refractivity contribution in [3.8, 4) is 0 Å². The number of nitrogens with one attached hydrogen (secondary N) is 1. The maximum atomic E-state index is 5.88. The average molecular weight is 274 g/mol. The summed E-state index contributed by atoms with van der Waals surface area (Å²) in [6.45, 7) is 10.3. The van der Waals surface area contributed by atoms with Crippen LogP contribution in [0.25, 0.3) is 0 Å². The van der Waals surface area contributed by atoms with Crippen molar-refractivity contribution in [2.45, 2.75) is 32.4 Å². The summed E-state index contributed by atoms with van der Waals surface area (Å²) in [6.07, 6.45) is 1.01. The molecule has 2 unspecified atom stereocenters. The largest absolute Gasteiger partial charge is 0.299 e. The molecule has 1 aromatic carbocycles. The number of rotatable bonds is 4. The molecule has 3 fully saturated rings. The van der Waals surface area contributed by atoms with Gasteiger partial charge in [-0.2, -0.15) is 0 Å². The summed E-state index contributed by atoms with van der Waals surface area (Å²) in [7, 11) is 0. The van der Waals surface area contributed by atoms with Crippen LogP contribution in [0, 0.1) is 13.8 Å². The Labute approximate surface area is 121 Å². The van der Waals surface area contributed by atoms with Gasteiger partial charge in [0.05, 0.1) is 0 Å². The van der Waals surface area contributed by atoms with Crippen LogP contribution in [0.1, 0.15) is 16.7 Å². The summed E-state index contributed by atoms with van der Waals surface area (Å²) in [5, 5.41) is 0. The zero-order valence-corrected chi connectivity index (χ0v) is 12.6. The summed E-state index contributed by atoms with van der Waals surface area (Å²) in [6, 6.07) is 7.58. The van der Waals surface area contributed by atoms with Gasteiger partial charge >= 0.3 is 0 Å². The van der Waals surface area contributed by atoms with Crippen molar-refractivity contribution in [3.63, 3.8) is 0 Å². The van der Waals surface area contributed by atoms with E-state index in [4.69, 9.17) is 5.84 Å². The second-order valence-electron chi connectivity index (χ2n) is 6.31. The van der Waals surface area contributed by atoms with Gasteiger partial charge in [0.25, 0.3) is 0 Å². The standard InChI is InChI=1S/C16H26N4/c1-12-3-4-13(2)14(9-12)10-15(18-17)16-11-19-5-7-20(16)8-6-19/h3-4,9,15-16,18H,5-8,10-11,17H2,1-2H3. The van der Waals surface area contributed by atoms with Gasteiger partial charge in [0, 0.05) is 44.8 Å². The van der Waals surface area contributed by atoms with E-state index in [1.807, 2.05) is 0 Å². The molecule has 0 radical (unpaired) electrons. The lowest BCUT2D eigenvalue weighted by Crippen LogP contribution is -2.67. The van der Waals surface area contributed by atoms with E-state index in [0.29, 0.717) is 12.1 Å². The summed E-state index contributed by atoms with van der Waals surface area (Å²) >= 11 is 0. The quantitative estimate of drug-likeness (QED) is 0.626. The van der Waals surface area contributed by atoms with E-state index >= 15 is 0 Å². The van der Waals surface area contributed by atoms with Crippen molar-refractivity contribution in [2.75, 3.05) is 32.7 Å². The van der Waals surface area contributed by atoms with Crippen molar-refractivity contribution < 1.29 is 0 Å². The first kappa shape index (κ1) is 14.0. The van der Waals surface area contributed by atoms with Gasteiger partial charge in [-0.15, -0.1) is 0 Å². The van der Waals surface area contributed by atoms with E-state index in [-0.39, 0.29) is 0 Å². The summed E-state index contributed by atoms with van der Waals surface area (Å²) in [4.78, 5) is 5.17. The minimum atomic E-state index is 0.332. The molecule has 3 aliphatic heterocycles. The normalized spacial score (nSPS) is 30.4. The van der Waals surface area contributed by atoms with Crippen molar-refractivity contribution in [3.05, 3.63) is 34.9 Å². The summed E-state index contributed by atoms with van der Waals surface area (Å²) in [5.74, 6) is 5.88. The Morgan fingerprint density at radius 2 is 2.00 bits per heavy atom. The van der Waals surface area contributed by atoms with Gasteiger partial charge in [-0.1, -0.05) is 23.8 Å². The molecule has 0 aromatic heterocycles. The maximum Gasteiger partial charge on any atom is 0.0419 e. The van der Waals surface area contributed by atoms with Crippen LogP contribution in [0.2, 0.25) is 0 Å². The first-order valence-electron chi connectivity index (χ1n) is 7.66. The van der Waals surface area contributed by atoms with E-state index in [1.165, 1.54) is 42.9 Å². The van der Waals surface area contributed by atoms with Gasteiger partial charge in [0.1, 0.15) is 0 Å². The molecule has 4 rings (SSSR count). The molecular formula is C16H26N4. The number of hydrazine groups is 1. The number of fused-ring (bicyclic) bond motifs is 3. The monoisotopic (exact) mass is 274 g/mol. The van der Waals surface area contributed by atoms with Crippen molar-refractivity contribution in [2.24, 2.45) is 5.84 Å². The lowest BCUT2D eigenvalue weighted by molar-refractivity contribution is -0.00316. The van der Waals surface area contributed by atoms with E-state index in [9.17, 15) is 0 Å². The van der Waals surface area contributed by atoms with Gasteiger partial charge in [-0.05, 0) is 31.4 Å². The second kappa shape index (κ2) is 5.82. The van der Waals surface area contributed by atoms with Gasteiger partial charge < -0.3 is 0 Å². The molecular weight excluding hydrogens is 248 g/mol. The Balaban J connectivity index is 1.75. The fraction of sp³-hybridized carbons (Fsp3) is 0.625. The Kier molecular flexibility index (Phi) is 4.08. The molecule has 3 saturated heterocycles. The number of hydrogen-bond donors (Lipinski definition) is 2. The van der Waals surface area contributed by atoms with Crippen molar-refractivity contribution in [1.29, 1.82) is 0 Å². The zero-order valence-electron chi connectivity index (χ0n) is 12.6. The average Bonchev–Trinajstić information content (AvgIpc) is 2.49. The number of benzene rings is 1.